The summed E-state index contributed by atoms with van der Waals surface area (Å²) < 4.78 is 5.76. The zero-order chi connectivity index (χ0) is 21.0. The molecule has 0 unspecified atom stereocenters. The fourth-order valence-electron chi connectivity index (χ4n) is 2.78. The smallest absolute Gasteiger partial charge is 0.254 e. The molecule has 2 aromatic carbocycles. The van der Waals surface area contributed by atoms with E-state index < -0.39 is 0 Å². The zero-order valence-corrected chi connectivity index (χ0v) is 17.0. The van der Waals surface area contributed by atoms with Crippen LogP contribution in [0.4, 0.5) is 0 Å². The summed E-state index contributed by atoms with van der Waals surface area (Å²) in [6.07, 6.45) is 0. The number of nitrogens with one attached hydrogen (secondary N) is 1. The lowest BCUT2D eigenvalue weighted by molar-refractivity contribution is -0.122. The summed E-state index contributed by atoms with van der Waals surface area (Å²) in [6.45, 7) is 5.77. The van der Waals surface area contributed by atoms with Gasteiger partial charge in [-0.25, -0.2) is 0 Å². The molecular formula is C22H24N4O3. The van der Waals surface area contributed by atoms with Gasteiger partial charge >= 0.3 is 0 Å². The third-order valence-corrected chi connectivity index (χ3v) is 4.28. The van der Waals surface area contributed by atoms with E-state index in [2.05, 4.69) is 15.5 Å². The van der Waals surface area contributed by atoms with Crippen LogP contribution < -0.4 is 5.32 Å². The van der Waals surface area contributed by atoms with Gasteiger partial charge in [-0.3, -0.25) is 9.59 Å². The van der Waals surface area contributed by atoms with Crippen molar-refractivity contribution >= 4 is 11.8 Å². The number of hydrogen-bond donors (Lipinski definition) is 1. The third kappa shape index (κ3) is 5.07. The number of amides is 2. The maximum absolute atomic E-state index is 12.5. The second kappa shape index (κ2) is 8.68. The molecule has 3 rings (SSSR count). The first kappa shape index (κ1) is 20.3. The Bertz CT molecular complexity index is 992. The Morgan fingerprint density at radius 1 is 0.966 bits per heavy atom. The average Bonchev–Trinajstić information content (AvgIpc) is 3.17. The predicted octanol–water partition coefficient (Wildman–Crippen LogP) is 3.31. The molecule has 0 atom stereocenters. The number of hydrogen-bond acceptors (Lipinski definition) is 5. The summed E-state index contributed by atoms with van der Waals surface area (Å²) in [5, 5.41) is 11.0. The van der Waals surface area contributed by atoms with E-state index in [-0.39, 0.29) is 24.4 Å². The highest BCUT2D eigenvalue weighted by atomic mass is 16.4. The standard InChI is InChI=1S/C22H24N4O3/c1-14(2)23-19(27)13-26(4)22(28)18-11-9-17(10-12-18)21-25-24-20(29-21)16-7-5-15(3)6-8-16/h5-12,14H,13H2,1-4H3,(H,23,27). The SMILES string of the molecule is Cc1ccc(-c2nnc(-c3ccc(C(=O)N(C)CC(=O)NC(C)C)cc3)o2)cc1. The first-order chi connectivity index (χ1) is 13.8. The lowest BCUT2D eigenvalue weighted by atomic mass is 10.1. The Kier molecular flexibility index (Phi) is 6.07. The average molecular weight is 392 g/mol. The maximum atomic E-state index is 12.5. The number of nitrogens with zero attached hydrogens (tertiary/aromatic N) is 3. The van der Waals surface area contributed by atoms with E-state index >= 15 is 0 Å². The zero-order valence-electron chi connectivity index (χ0n) is 17.0. The molecule has 0 saturated heterocycles. The van der Waals surface area contributed by atoms with E-state index in [0.717, 1.165) is 11.1 Å². The molecule has 0 radical (unpaired) electrons. The molecule has 7 heteroatoms. The van der Waals surface area contributed by atoms with Crippen molar-refractivity contribution in [1.82, 2.24) is 20.4 Å². The molecule has 0 aliphatic heterocycles. The van der Waals surface area contributed by atoms with Gasteiger partial charge in [0.15, 0.2) is 0 Å². The fraction of sp³-hybridized carbons (Fsp3) is 0.273. The number of carbonyl (C=O) groups is 2. The highest BCUT2D eigenvalue weighted by molar-refractivity contribution is 5.96. The summed E-state index contributed by atoms with van der Waals surface area (Å²) in [5.74, 6) is 0.392. The summed E-state index contributed by atoms with van der Waals surface area (Å²) >= 11 is 0. The van der Waals surface area contributed by atoms with Crippen molar-refractivity contribution in [3.05, 3.63) is 59.7 Å². The number of benzene rings is 2. The van der Waals surface area contributed by atoms with Crippen LogP contribution in [0, 0.1) is 6.92 Å². The van der Waals surface area contributed by atoms with Crippen LogP contribution in [-0.2, 0) is 4.79 Å². The molecule has 0 saturated carbocycles. The molecule has 1 N–H and O–H groups in total. The Labute approximate surface area is 169 Å². The number of carbonyl (C=O) groups excluding carboxylic acids is 2. The maximum Gasteiger partial charge on any atom is 0.254 e. The molecule has 2 amide bonds. The second-order valence-electron chi connectivity index (χ2n) is 7.24. The molecule has 0 aliphatic rings. The highest BCUT2D eigenvalue weighted by Gasteiger charge is 2.16. The predicted molar refractivity (Wildman–Crippen MR) is 110 cm³/mol. The van der Waals surface area contributed by atoms with Crippen molar-refractivity contribution < 1.29 is 14.0 Å². The molecule has 150 valence electrons. The number of aryl methyl sites for hydroxylation is 1. The Hall–Kier alpha value is -3.48. The van der Waals surface area contributed by atoms with Crippen LogP contribution in [0.3, 0.4) is 0 Å². The van der Waals surface area contributed by atoms with Crippen LogP contribution in [0.15, 0.2) is 52.9 Å². The van der Waals surface area contributed by atoms with Crippen LogP contribution in [0.2, 0.25) is 0 Å². The molecule has 1 aromatic heterocycles. The van der Waals surface area contributed by atoms with Crippen LogP contribution >= 0.6 is 0 Å². The van der Waals surface area contributed by atoms with E-state index in [0.29, 0.717) is 22.9 Å². The monoisotopic (exact) mass is 392 g/mol. The summed E-state index contributed by atoms with van der Waals surface area (Å²) in [7, 11) is 1.60. The molecule has 3 aromatic rings. The third-order valence-electron chi connectivity index (χ3n) is 4.28. The van der Waals surface area contributed by atoms with Gasteiger partial charge in [-0.05, 0) is 57.2 Å². The topological polar surface area (TPSA) is 88.3 Å². The lowest BCUT2D eigenvalue weighted by Crippen LogP contribution is -2.40. The lowest BCUT2D eigenvalue weighted by Gasteiger charge is -2.18. The van der Waals surface area contributed by atoms with Gasteiger partial charge in [-0.1, -0.05) is 17.7 Å². The molecule has 1 heterocycles. The fourth-order valence-corrected chi connectivity index (χ4v) is 2.78. The number of rotatable bonds is 6. The largest absolute Gasteiger partial charge is 0.416 e. The first-order valence-electron chi connectivity index (χ1n) is 9.39. The molecule has 0 fully saturated rings. The van der Waals surface area contributed by atoms with Crippen molar-refractivity contribution in [3.63, 3.8) is 0 Å². The number of likely N-dealkylation sites (N-methyl/N-ethyl adjacent to an activating group) is 1. The van der Waals surface area contributed by atoms with Crippen molar-refractivity contribution in [1.29, 1.82) is 0 Å². The molecule has 0 spiro atoms. The van der Waals surface area contributed by atoms with Crippen LogP contribution in [0.1, 0.15) is 29.8 Å². The minimum atomic E-state index is -0.235. The van der Waals surface area contributed by atoms with Gasteiger partial charge in [0.1, 0.15) is 0 Å². The van der Waals surface area contributed by atoms with Gasteiger partial charge in [0.2, 0.25) is 17.7 Å². The quantitative estimate of drug-likeness (QED) is 0.695. The summed E-state index contributed by atoms with van der Waals surface area (Å²) in [5.41, 5.74) is 3.20. The van der Waals surface area contributed by atoms with E-state index in [9.17, 15) is 9.59 Å². The Morgan fingerprint density at radius 3 is 2.00 bits per heavy atom. The molecular weight excluding hydrogens is 368 g/mol. The van der Waals surface area contributed by atoms with Gasteiger partial charge in [0, 0.05) is 29.8 Å². The number of aromatic nitrogens is 2. The van der Waals surface area contributed by atoms with E-state index in [1.165, 1.54) is 4.90 Å². The summed E-state index contributed by atoms with van der Waals surface area (Å²) in [6, 6.07) is 14.7. The van der Waals surface area contributed by atoms with Gasteiger partial charge in [-0.2, -0.15) is 0 Å². The van der Waals surface area contributed by atoms with Crippen molar-refractivity contribution in [2.24, 2.45) is 0 Å². The minimum Gasteiger partial charge on any atom is -0.416 e. The van der Waals surface area contributed by atoms with E-state index in [1.807, 2.05) is 45.0 Å². The van der Waals surface area contributed by atoms with Gasteiger partial charge in [-0.15, -0.1) is 10.2 Å². The molecule has 0 aliphatic carbocycles. The van der Waals surface area contributed by atoms with Crippen molar-refractivity contribution in [3.8, 4) is 22.9 Å². The van der Waals surface area contributed by atoms with Gasteiger partial charge < -0.3 is 14.6 Å². The van der Waals surface area contributed by atoms with Crippen LogP contribution in [0.5, 0.6) is 0 Å². The van der Waals surface area contributed by atoms with Gasteiger partial charge in [0.25, 0.3) is 5.91 Å². The van der Waals surface area contributed by atoms with Crippen LogP contribution in [0.25, 0.3) is 22.9 Å². The van der Waals surface area contributed by atoms with Gasteiger partial charge in [0.05, 0.1) is 6.54 Å². The second-order valence-corrected chi connectivity index (χ2v) is 7.24. The first-order valence-corrected chi connectivity index (χ1v) is 9.39. The Morgan fingerprint density at radius 2 is 1.48 bits per heavy atom. The van der Waals surface area contributed by atoms with E-state index in [4.69, 9.17) is 4.42 Å². The molecule has 29 heavy (non-hydrogen) atoms. The normalized spacial score (nSPS) is 10.8. The molecule has 7 nitrogen and oxygen atoms in total. The van der Waals surface area contributed by atoms with Crippen LogP contribution in [-0.4, -0.2) is 46.5 Å². The van der Waals surface area contributed by atoms with E-state index in [1.54, 1.807) is 31.3 Å². The summed E-state index contributed by atoms with van der Waals surface area (Å²) in [4.78, 5) is 25.8. The molecule has 0 bridgehead atoms. The highest BCUT2D eigenvalue weighted by Crippen LogP contribution is 2.24. The van der Waals surface area contributed by atoms with Crippen molar-refractivity contribution in [2.75, 3.05) is 13.6 Å². The Balaban J connectivity index is 1.69. The van der Waals surface area contributed by atoms with Crippen molar-refractivity contribution in [2.45, 2.75) is 26.8 Å². The minimum absolute atomic E-state index is 0.00232.